The summed E-state index contributed by atoms with van der Waals surface area (Å²) in [7, 11) is 0. The summed E-state index contributed by atoms with van der Waals surface area (Å²) in [6.45, 7) is 0. The van der Waals surface area contributed by atoms with Crippen molar-refractivity contribution in [2.45, 2.75) is 10.9 Å². The van der Waals surface area contributed by atoms with Crippen LogP contribution >= 0.6 is 27.7 Å². The molecule has 26 heavy (non-hydrogen) atoms. The number of phenols is 1. The molecule has 0 amide bonds. The summed E-state index contributed by atoms with van der Waals surface area (Å²) in [5.41, 5.74) is 1.61. The molecule has 0 aliphatic carbocycles. The van der Waals surface area contributed by atoms with Gasteiger partial charge in [-0.1, -0.05) is 45.0 Å². The number of halogens is 1. The number of aromatic nitrogens is 6. The Balaban J connectivity index is 1.49. The Morgan fingerprint density at radius 1 is 1.15 bits per heavy atom. The van der Waals surface area contributed by atoms with Gasteiger partial charge < -0.3 is 9.63 Å². The maximum absolute atomic E-state index is 9.39. The monoisotopic (exact) mass is 430 g/mol. The van der Waals surface area contributed by atoms with E-state index in [1.165, 1.54) is 11.8 Å². The molecule has 0 saturated carbocycles. The maximum Gasteiger partial charge on any atom is 0.237 e. The highest BCUT2D eigenvalue weighted by Crippen LogP contribution is 2.25. The van der Waals surface area contributed by atoms with E-state index in [9.17, 15) is 5.11 Å². The molecule has 0 unspecified atom stereocenters. The Hall–Kier alpha value is -2.72. The highest BCUT2D eigenvalue weighted by Gasteiger charge is 2.13. The molecule has 4 rings (SSSR count). The zero-order valence-electron chi connectivity index (χ0n) is 13.2. The van der Waals surface area contributed by atoms with Crippen LogP contribution in [0.4, 0.5) is 0 Å². The molecule has 0 radical (unpaired) electrons. The number of benzene rings is 2. The highest BCUT2D eigenvalue weighted by atomic mass is 79.9. The van der Waals surface area contributed by atoms with Crippen LogP contribution in [-0.2, 0) is 5.75 Å². The van der Waals surface area contributed by atoms with Crippen molar-refractivity contribution in [2.24, 2.45) is 0 Å². The van der Waals surface area contributed by atoms with Gasteiger partial charge in [0.1, 0.15) is 5.75 Å². The summed E-state index contributed by atoms with van der Waals surface area (Å²) in [5, 5.41) is 25.7. The van der Waals surface area contributed by atoms with E-state index in [0.717, 1.165) is 15.7 Å². The van der Waals surface area contributed by atoms with E-state index < -0.39 is 0 Å². The van der Waals surface area contributed by atoms with Gasteiger partial charge in [0.05, 0.1) is 11.4 Å². The first-order valence-corrected chi connectivity index (χ1v) is 9.26. The van der Waals surface area contributed by atoms with Crippen molar-refractivity contribution >= 4 is 27.7 Å². The molecule has 8 nitrogen and oxygen atoms in total. The van der Waals surface area contributed by atoms with Gasteiger partial charge >= 0.3 is 0 Å². The fourth-order valence-electron chi connectivity index (χ4n) is 2.21. The van der Waals surface area contributed by atoms with Crippen molar-refractivity contribution in [3.05, 3.63) is 58.9 Å². The topological polar surface area (TPSA) is 103 Å². The van der Waals surface area contributed by atoms with E-state index in [-0.39, 0.29) is 5.75 Å². The quantitative estimate of drug-likeness (QED) is 0.480. The second kappa shape index (κ2) is 7.26. The first-order chi connectivity index (χ1) is 12.7. The van der Waals surface area contributed by atoms with Crippen molar-refractivity contribution in [3.8, 4) is 22.8 Å². The van der Waals surface area contributed by atoms with Gasteiger partial charge in [0.2, 0.25) is 16.9 Å². The van der Waals surface area contributed by atoms with Crippen LogP contribution in [0.5, 0.6) is 5.75 Å². The molecule has 2 aromatic heterocycles. The summed E-state index contributed by atoms with van der Waals surface area (Å²) in [5.74, 6) is 1.62. The predicted molar refractivity (Wildman–Crippen MR) is 97.8 cm³/mol. The standard InChI is InChI=1S/C16H11BrN6O2S/c17-11-3-1-2-10(8-11)15-18-14(25-20-15)9-26-16-19-21-22-23(16)12-4-6-13(24)7-5-12/h1-8,24H,9H2. The van der Waals surface area contributed by atoms with Crippen molar-refractivity contribution in [1.29, 1.82) is 0 Å². The van der Waals surface area contributed by atoms with Crippen molar-refractivity contribution in [3.63, 3.8) is 0 Å². The molecule has 2 aromatic carbocycles. The van der Waals surface area contributed by atoms with E-state index in [1.54, 1.807) is 28.9 Å². The first-order valence-electron chi connectivity index (χ1n) is 7.48. The molecule has 0 saturated heterocycles. The molecule has 0 atom stereocenters. The summed E-state index contributed by atoms with van der Waals surface area (Å²) in [6.07, 6.45) is 0. The maximum atomic E-state index is 9.39. The molecule has 2 heterocycles. The lowest BCUT2D eigenvalue weighted by Crippen LogP contribution is -1.98. The Labute approximate surface area is 160 Å². The second-order valence-corrected chi connectivity index (χ2v) is 7.06. The third kappa shape index (κ3) is 3.60. The van der Waals surface area contributed by atoms with E-state index in [4.69, 9.17) is 4.52 Å². The lowest BCUT2D eigenvalue weighted by atomic mass is 10.2. The summed E-state index contributed by atoms with van der Waals surface area (Å²) in [6, 6.07) is 14.3. The van der Waals surface area contributed by atoms with Crippen LogP contribution in [0, 0.1) is 0 Å². The lowest BCUT2D eigenvalue weighted by molar-refractivity contribution is 0.391. The molecule has 130 valence electrons. The largest absolute Gasteiger partial charge is 0.508 e. The summed E-state index contributed by atoms with van der Waals surface area (Å²) in [4.78, 5) is 4.40. The number of tetrazole rings is 1. The van der Waals surface area contributed by atoms with Crippen molar-refractivity contribution in [2.75, 3.05) is 0 Å². The zero-order chi connectivity index (χ0) is 17.9. The minimum Gasteiger partial charge on any atom is -0.508 e. The predicted octanol–water partition coefficient (Wildman–Crippen LogP) is 3.47. The fourth-order valence-corrected chi connectivity index (χ4v) is 3.34. The molecule has 10 heteroatoms. The third-order valence-electron chi connectivity index (χ3n) is 3.41. The van der Waals surface area contributed by atoms with Gasteiger partial charge in [0, 0.05) is 10.0 Å². The highest BCUT2D eigenvalue weighted by molar-refractivity contribution is 9.10. The van der Waals surface area contributed by atoms with Crippen LogP contribution in [0.25, 0.3) is 17.1 Å². The SMILES string of the molecule is Oc1ccc(-n2nnnc2SCc2nc(-c3cccc(Br)c3)no2)cc1. The van der Waals surface area contributed by atoms with E-state index >= 15 is 0 Å². The van der Waals surface area contributed by atoms with Gasteiger partial charge in [-0.25, -0.2) is 0 Å². The molecule has 0 fully saturated rings. The molecule has 0 bridgehead atoms. The first kappa shape index (κ1) is 16.7. The van der Waals surface area contributed by atoms with E-state index in [0.29, 0.717) is 22.6 Å². The van der Waals surface area contributed by atoms with Crippen LogP contribution in [0.2, 0.25) is 0 Å². The van der Waals surface area contributed by atoms with Crippen LogP contribution in [0.3, 0.4) is 0 Å². The minimum atomic E-state index is 0.182. The number of hydrogen-bond donors (Lipinski definition) is 1. The number of phenolic OH excluding ortho intramolecular Hbond substituents is 1. The van der Waals surface area contributed by atoms with Gasteiger partial charge in [-0.05, 0) is 46.8 Å². The number of thioether (sulfide) groups is 1. The second-order valence-electron chi connectivity index (χ2n) is 5.20. The number of nitrogens with zero attached hydrogens (tertiary/aromatic N) is 6. The smallest absolute Gasteiger partial charge is 0.237 e. The molecule has 1 N–H and O–H groups in total. The third-order valence-corrected chi connectivity index (χ3v) is 4.81. The Morgan fingerprint density at radius 3 is 2.81 bits per heavy atom. The van der Waals surface area contributed by atoms with Gasteiger partial charge in [-0.3, -0.25) is 0 Å². The van der Waals surface area contributed by atoms with Crippen LogP contribution in [0.1, 0.15) is 5.89 Å². The molecule has 4 aromatic rings. The lowest BCUT2D eigenvalue weighted by Gasteiger charge is -2.02. The molecule has 0 spiro atoms. The Kier molecular flexibility index (Phi) is 4.67. The fraction of sp³-hybridized carbons (Fsp3) is 0.0625. The number of aromatic hydroxyl groups is 1. The van der Waals surface area contributed by atoms with E-state index in [1.807, 2.05) is 24.3 Å². The zero-order valence-corrected chi connectivity index (χ0v) is 15.6. The summed E-state index contributed by atoms with van der Waals surface area (Å²) < 4.78 is 7.84. The van der Waals surface area contributed by atoms with Crippen LogP contribution in [-0.4, -0.2) is 35.5 Å². The van der Waals surface area contributed by atoms with Crippen LogP contribution < -0.4 is 0 Å². The van der Waals surface area contributed by atoms with Crippen LogP contribution in [0.15, 0.2) is 62.7 Å². The van der Waals surface area contributed by atoms with Gasteiger partial charge in [0.25, 0.3) is 0 Å². The van der Waals surface area contributed by atoms with Gasteiger partial charge in [-0.2, -0.15) is 9.67 Å². The van der Waals surface area contributed by atoms with Crippen molar-refractivity contribution in [1.82, 2.24) is 30.3 Å². The Bertz CT molecular complexity index is 1030. The molecular weight excluding hydrogens is 420 g/mol. The van der Waals surface area contributed by atoms with Crippen molar-refractivity contribution < 1.29 is 9.63 Å². The minimum absolute atomic E-state index is 0.182. The van der Waals surface area contributed by atoms with Gasteiger partial charge in [-0.15, -0.1) is 5.10 Å². The molecular formula is C16H11BrN6O2S. The summed E-state index contributed by atoms with van der Waals surface area (Å²) >= 11 is 4.80. The number of rotatable bonds is 5. The van der Waals surface area contributed by atoms with E-state index in [2.05, 4.69) is 41.6 Å². The average Bonchev–Trinajstić information content (AvgIpc) is 3.30. The molecule has 0 aliphatic rings. The van der Waals surface area contributed by atoms with Gasteiger partial charge in [0.15, 0.2) is 0 Å². The number of hydrogen-bond acceptors (Lipinski definition) is 8. The Morgan fingerprint density at radius 2 is 2.00 bits per heavy atom. The normalized spacial score (nSPS) is 11.0. The average molecular weight is 431 g/mol. The molecule has 0 aliphatic heterocycles.